The summed E-state index contributed by atoms with van der Waals surface area (Å²) in [6, 6.07) is 65.8. The van der Waals surface area contributed by atoms with E-state index in [0.29, 0.717) is 0 Å². The second kappa shape index (κ2) is 12.6. The Morgan fingerprint density at radius 2 is 0.625 bits per heavy atom. The highest BCUT2D eigenvalue weighted by Gasteiger charge is 2.16. The summed E-state index contributed by atoms with van der Waals surface area (Å²) >= 11 is 0. The second-order valence-corrected chi connectivity index (χ2v) is 12.5. The van der Waals surface area contributed by atoms with E-state index in [4.69, 9.17) is 0 Å². The Labute approximate surface area is 282 Å². The molecule has 8 rings (SSSR count). The summed E-state index contributed by atoms with van der Waals surface area (Å²) in [5.74, 6) is 0. The standard InChI is InChI=1S/C46H36N2/c1-33-9-7-15-43(29-33)47(45-27-21-35-11-3-5-13-39(35)31-45)41-23-17-37(18-24-41)38-19-25-42(26-20-38)48(44-16-8-10-34(2)30-44)46-28-22-36-12-4-6-14-40(36)32-46/h3-32H,1-2H3. The lowest BCUT2D eigenvalue weighted by Gasteiger charge is -2.27. The third-order valence-corrected chi connectivity index (χ3v) is 9.09. The van der Waals surface area contributed by atoms with Crippen LogP contribution < -0.4 is 9.80 Å². The molecular formula is C46H36N2. The molecule has 0 heterocycles. The van der Waals surface area contributed by atoms with Crippen LogP contribution in [-0.4, -0.2) is 0 Å². The summed E-state index contributed by atoms with van der Waals surface area (Å²) in [4.78, 5) is 4.69. The molecule has 0 aliphatic rings. The molecule has 0 N–H and O–H groups in total. The number of fused-ring (bicyclic) bond motifs is 2. The monoisotopic (exact) mass is 616 g/mol. The molecule has 0 atom stereocenters. The maximum atomic E-state index is 2.34. The topological polar surface area (TPSA) is 6.48 Å². The number of benzene rings is 8. The molecule has 0 aliphatic carbocycles. The van der Waals surface area contributed by atoms with Gasteiger partial charge in [0.2, 0.25) is 0 Å². The summed E-state index contributed by atoms with van der Waals surface area (Å²) in [6.07, 6.45) is 0. The molecule has 0 fully saturated rings. The summed E-state index contributed by atoms with van der Waals surface area (Å²) in [6.45, 7) is 4.30. The Hall–Kier alpha value is -6.12. The fourth-order valence-electron chi connectivity index (χ4n) is 6.67. The van der Waals surface area contributed by atoms with E-state index in [1.807, 2.05) is 0 Å². The first kappa shape index (κ1) is 29.3. The van der Waals surface area contributed by atoms with Crippen LogP contribution in [0.2, 0.25) is 0 Å². The van der Waals surface area contributed by atoms with Crippen LogP contribution in [0.1, 0.15) is 11.1 Å². The molecule has 0 amide bonds. The second-order valence-electron chi connectivity index (χ2n) is 12.5. The van der Waals surface area contributed by atoms with Crippen molar-refractivity contribution in [3.63, 3.8) is 0 Å². The number of rotatable bonds is 7. The van der Waals surface area contributed by atoms with Crippen molar-refractivity contribution in [3.05, 3.63) is 193 Å². The first-order valence-electron chi connectivity index (χ1n) is 16.5. The number of anilines is 6. The van der Waals surface area contributed by atoms with E-state index in [0.717, 1.165) is 34.1 Å². The molecule has 48 heavy (non-hydrogen) atoms. The Balaban J connectivity index is 1.14. The quantitative estimate of drug-likeness (QED) is 0.176. The minimum absolute atomic E-state index is 1.12. The average Bonchev–Trinajstić information content (AvgIpc) is 3.12. The summed E-state index contributed by atoms with van der Waals surface area (Å²) in [5, 5.41) is 4.94. The molecule has 8 aromatic rings. The van der Waals surface area contributed by atoms with Gasteiger partial charge in [0.15, 0.2) is 0 Å². The van der Waals surface area contributed by atoms with E-state index in [-0.39, 0.29) is 0 Å². The van der Waals surface area contributed by atoms with Crippen molar-refractivity contribution >= 4 is 55.7 Å². The lowest BCUT2D eigenvalue weighted by molar-refractivity contribution is 1.27. The van der Waals surface area contributed by atoms with E-state index in [9.17, 15) is 0 Å². The van der Waals surface area contributed by atoms with Crippen molar-refractivity contribution in [2.75, 3.05) is 9.80 Å². The average molecular weight is 617 g/mol. The third kappa shape index (κ3) is 5.81. The van der Waals surface area contributed by atoms with Crippen LogP contribution in [0.5, 0.6) is 0 Å². The van der Waals surface area contributed by atoms with E-state index in [1.54, 1.807) is 0 Å². The predicted molar refractivity (Wildman–Crippen MR) is 206 cm³/mol. The molecular weight excluding hydrogens is 581 g/mol. The maximum Gasteiger partial charge on any atom is 0.0468 e. The van der Waals surface area contributed by atoms with Gasteiger partial charge in [0.05, 0.1) is 0 Å². The van der Waals surface area contributed by atoms with E-state index in [1.165, 1.54) is 43.8 Å². The van der Waals surface area contributed by atoms with Gasteiger partial charge in [-0.2, -0.15) is 0 Å². The molecule has 8 aromatic carbocycles. The fraction of sp³-hybridized carbons (Fsp3) is 0.0435. The minimum Gasteiger partial charge on any atom is -0.310 e. The van der Waals surface area contributed by atoms with Gasteiger partial charge in [0.1, 0.15) is 0 Å². The number of hydrogen-bond donors (Lipinski definition) is 0. The third-order valence-electron chi connectivity index (χ3n) is 9.09. The van der Waals surface area contributed by atoms with Gasteiger partial charge >= 0.3 is 0 Å². The smallest absolute Gasteiger partial charge is 0.0468 e. The SMILES string of the molecule is Cc1cccc(N(c2ccc(-c3ccc(N(c4cccc(C)c4)c4ccc5ccccc5c4)cc3)cc2)c2ccc3ccccc3c2)c1. The highest BCUT2D eigenvalue weighted by atomic mass is 15.1. The van der Waals surface area contributed by atoms with Crippen LogP contribution in [0, 0.1) is 13.8 Å². The van der Waals surface area contributed by atoms with E-state index >= 15 is 0 Å². The molecule has 0 saturated carbocycles. The van der Waals surface area contributed by atoms with Crippen molar-refractivity contribution in [1.82, 2.24) is 0 Å². The van der Waals surface area contributed by atoms with Crippen molar-refractivity contribution in [2.24, 2.45) is 0 Å². The van der Waals surface area contributed by atoms with E-state index < -0.39 is 0 Å². The summed E-state index contributed by atoms with van der Waals surface area (Å²) in [5.41, 5.74) is 11.7. The van der Waals surface area contributed by atoms with Crippen LogP contribution in [0.15, 0.2) is 182 Å². The molecule has 0 aromatic heterocycles. The van der Waals surface area contributed by atoms with Crippen molar-refractivity contribution < 1.29 is 0 Å². The van der Waals surface area contributed by atoms with Gasteiger partial charge in [-0.15, -0.1) is 0 Å². The minimum atomic E-state index is 1.12. The largest absolute Gasteiger partial charge is 0.310 e. The van der Waals surface area contributed by atoms with Crippen molar-refractivity contribution in [3.8, 4) is 11.1 Å². The molecule has 0 aliphatic heterocycles. The van der Waals surface area contributed by atoms with Gasteiger partial charge < -0.3 is 9.80 Å². The summed E-state index contributed by atoms with van der Waals surface area (Å²) < 4.78 is 0. The highest BCUT2D eigenvalue weighted by Crippen LogP contribution is 2.39. The zero-order valence-corrected chi connectivity index (χ0v) is 27.2. The van der Waals surface area contributed by atoms with Gasteiger partial charge in [0, 0.05) is 34.1 Å². The number of nitrogens with zero attached hydrogens (tertiary/aromatic N) is 2. The zero-order valence-electron chi connectivity index (χ0n) is 27.2. The zero-order chi connectivity index (χ0) is 32.5. The molecule has 0 spiro atoms. The van der Waals surface area contributed by atoms with Gasteiger partial charge in [0.25, 0.3) is 0 Å². The van der Waals surface area contributed by atoms with Crippen molar-refractivity contribution in [1.29, 1.82) is 0 Å². The highest BCUT2D eigenvalue weighted by molar-refractivity contribution is 5.91. The Morgan fingerprint density at radius 1 is 0.271 bits per heavy atom. The van der Waals surface area contributed by atoms with Crippen LogP contribution in [0.3, 0.4) is 0 Å². The molecule has 0 saturated heterocycles. The van der Waals surface area contributed by atoms with Gasteiger partial charge in [-0.1, -0.05) is 109 Å². The molecule has 0 radical (unpaired) electrons. The Morgan fingerprint density at radius 3 is 1.02 bits per heavy atom. The van der Waals surface area contributed by atoms with Crippen LogP contribution in [0.25, 0.3) is 32.7 Å². The maximum absolute atomic E-state index is 2.34. The fourth-order valence-corrected chi connectivity index (χ4v) is 6.67. The lowest BCUT2D eigenvalue weighted by atomic mass is 10.0. The first-order chi connectivity index (χ1) is 23.6. The van der Waals surface area contributed by atoms with Crippen molar-refractivity contribution in [2.45, 2.75) is 13.8 Å². The molecule has 2 heteroatoms. The summed E-state index contributed by atoms with van der Waals surface area (Å²) in [7, 11) is 0. The van der Waals surface area contributed by atoms with Gasteiger partial charge in [-0.05, 0) is 130 Å². The van der Waals surface area contributed by atoms with Gasteiger partial charge in [-0.3, -0.25) is 0 Å². The predicted octanol–water partition coefficient (Wildman–Crippen LogP) is 13.2. The van der Waals surface area contributed by atoms with Crippen LogP contribution in [0.4, 0.5) is 34.1 Å². The molecule has 0 unspecified atom stereocenters. The van der Waals surface area contributed by atoms with Gasteiger partial charge in [-0.25, -0.2) is 0 Å². The van der Waals surface area contributed by atoms with Crippen LogP contribution >= 0.6 is 0 Å². The molecule has 230 valence electrons. The number of hydrogen-bond acceptors (Lipinski definition) is 2. The Kier molecular flexibility index (Phi) is 7.68. The normalized spacial score (nSPS) is 11.1. The van der Waals surface area contributed by atoms with E-state index in [2.05, 4.69) is 206 Å². The Bertz CT molecular complexity index is 2200. The lowest BCUT2D eigenvalue weighted by Crippen LogP contribution is -2.10. The molecule has 2 nitrogen and oxygen atoms in total. The number of aryl methyl sites for hydroxylation is 2. The molecule has 0 bridgehead atoms. The first-order valence-corrected chi connectivity index (χ1v) is 16.5. The van der Waals surface area contributed by atoms with Crippen LogP contribution in [-0.2, 0) is 0 Å².